The van der Waals surface area contributed by atoms with Crippen molar-refractivity contribution in [2.45, 2.75) is 39.1 Å². The highest BCUT2D eigenvalue weighted by atomic mass is 79.9. The van der Waals surface area contributed by atoms with Crippen molar-refractivity contribution in [3.8, 4) is 0 Å². The second kappa shape index (κ2) is 5.57. The average Bonchev–Trinajstić information content (AvgIpc) is 2.64. The van der Waals surface area contributed by atoms with Crippen molar-refractivity contribution in [2.75, 3.05) is 0 Å². The number of hydrogen-bond acceptors (Lipinski definition) is 3. The monoisotopic (exact) mass is 378 g/mol. The van der Waals surface area contributed by atoms with E-state index in [2.05, 4.69) is 21.0 Å². The zero-order valence-electron chi connectivity index (χ0n) is 12.2. The summed E-state index contributed by atoms with van der Waals surface area (Å²) < 4.78 is 45.8. The minimum atomic E-state index is -4.59. The van der Waals surface area contributed by atoms with Crippen molar-refractivity contribution in [1.29, 1.82) is 0 Å². The van der Waals surface area contributed by atoms with Gasteiger partial charge in [-0.25, -0.2) is 0 Å². The fourth-order valence-corrected chi connectivity index (χ4v) is 2.32. The third kappa shape index (κ3) is 3.79. The summed E-state index contributed by atoms with van der Waals surface area (Å²) in [6.45, 7) is 4.66. The summed E-state index contributed by atoms with van der Waals surface area (Å²) in [7, 11) is 0. The Morgan fingerprint density at radius 2 is 1.95 bits per heavy atom. The van der Waals surface area contributed by atoms with Gasteiger partial charge < -0.3 is 4.74 Å². The molecule has 120 valence electrons. The quantitative estimate of drug-likeness (QED) is 0.737. The summed E-state index contributed by atoms with van der Waals surface area (Å²) in [5, 5.41) is 3.49. The molecule has 1 heterocycles. The van der Waals surface area contributed by atoms with E-state index in [-0.39, 0.29) is 17.4 Å². The van der Waals surface area contributed by atoms with Crippen LogP contribution in [0.2, 0.25) is 0 Å². The normalized spacial score (nSPS) is 12.7. The third-order valence-electron chi connectivity index (χ3n) is 2.68. The molecule has 22 heavy (non-hydrogen) atoms. The van der Waals surface area contributed by atoms with Gasteiger partial charge in [-0.15, -0.1) is 0 Å². The molecule has 0 aliphatic rings. The van der Waals surface area contributed by atoms with E-state index in [0.717, 1.165) is 4.68 Å². The van der Waals surface area contributed by atoms with Crippen molar-refractivity contribution in [3.63, 3.8) is 0 Å². The molecule has 0 saturated carbocycles. The van der Waals surface area contributed by atoms with Gasteiger partial charge in [-0.2, -0.15) is 18.3 Å². The zero-order chi connectivity index (χ0) is 16.7. The number of esters is 1. The van der Waals surface area contributed by atoms with E-state index in [0.29, 0.717) is 4.47 Å². The average molecular weight is 379 g/mol. The number of ether oxygens (including phenoxy) is 1. The van der Waals surface area contributed by atoms with Gasteiger partial charge in [0.1, 0.15) is 12.1 Å². The van der Waals surface area contributed by atoms with Crippen molar-refractivity contribution in [3.05, 3.63) is 28.4 Å². The Hall–Kier alpha value is -1.57. The molecule has 0 aliphatic carbocycles. The summed E-state index contributed by atoms with van der Waals surface area (Å²) in [6.07, 6.45) is -4.59. The minimum Gasteiger partial charge on any atom is -0.459 e. The summed E-state index contributed by atoms with van der Waals surface area (Å²) >= 11 is 3.20. The highest BCUT2D eigenvalue weighted by Gasteiger charge is 2.37. The molecule has 0 amide bonds. The Labute approximate surface area is 133 Å². The fraction of sp³-hybridized carbons (Fsp3) is 0.429. The zero-order valence-corrected chi connectivity index (χ0v) is 13.7. The lowest BCUT2D eigenvalue weighted by molar-refractivity contribution is -0.156. The number of aromatic nitrogens is 2. The highest BCUT2D eigenvalue weighted by molar-refractivity contribution is 9.10. The summed E-state index contributed by atoms with van der Waals surface area (Å²) in [5.41, 5.74) is -1.51. The van der Waals surface area contributed by atoms with Gasteiger partial charge in [0, 0.05) is 9.86 Å². The van der Waals surface area contributed by atoms with Crippen LogP contribution in [0.5, 0.6) is 0 Å². The predicted molar refractivity (Wildman–Crippen MR) is 78.3 cm³/mol. The van der Waals surface area contributed by atoms with E-state index in [1.807, 2.05) is 0 Å². The van der Waals surface area contributed by atoms with Gasteiger partial charge in [0.2, 0.25) is 0 Å². The molecule has 1 aromatic carbocycles. The van der Waals surface area contributed by atoms with Crippen LogP contribution in [0.15, 0.2) is 22.7 Å². The summed E-state index contributed by atoms with van der Waals surface area (Å²) in [4.78, 5) is 11.8. The van der Waals surface area contributed by atoms with Crippen LogP contribution in [-0.4, -0.2) is 21.4 Å². The fourth-order valence-electron chi connectivity index (χ4n) is 1.97. The molecule has 0 aliphatic heterocycles. The second-order valence-corrected chi connectivity index (χ2v) is 6.67. The molecule has 8 heteroatoms. The molecule has 0 N–H and O–H groups in total. The van der Waals surface area contributed by atoms with Crippen molar-refractivity contribution in [1.82, 2.24) is 9.78 Å². The second-order valence-electron chi connectivity index (χ2n) is 5.75. The largest absolute Gasteiger partial charge is 0.459 e. The van der Waals surface area contributed by atoms with E-state index in [1.165, 1.54) is 18.2 Å². The van der Waals surface area contributed by atoms with Crippen LogP contribution >= 0.6 is 15.9 Å². The Balaban J connectivity index is 2.45. The van der Waals surface area contributed by atoms with Crippen LogP contribution in [0.1, 0.15) is 26.5 Å². The molecule has 0 saturated heterocycles. The van der Waals surface area contributed by atoms with Gasteiger partial charge >= 0.3 is 12.1 Å². The molecule has 0 bridgehead atoms. The molecule has 0 atom stereocenters. The standard InChI is InChI=1S/C14H14BrF3N2O2/c1-13(2,3)22-11(21)7-20-10-6-8(15)4-5-9(10)12(19-20)14(16,17)18/h4-6H,7H2,1-3H3. The van der Waals surface area contributed by atoms with E-state index < -0.39 is 23.4 Å². The van der Waals surface area contributed by atoms with Crippen molar-refractivity contribution >= 4 is 32.8 Å². The van der Waals surface area contributed by atoms with Gasteiger partial charge in [0.25, 0.3) is 0 Å². The molecule has 2 rings (SSSR count). The number of alkyl halides is 3. The number of halogens is 4. The van der Waals surface area contributed by atoms with Crippen molar-refractivity contribution < 1.29 is 22.7 Å². The van der Waals surface area contributed by atoms with E-state index >= 15 is 0 Å². The molecular weight excluding hydrogens is 365 g/mol. The maximum Gasteiger partial charge on any atom is 0.435 e. The number of benzene rings is 1. The first-order valence-electron chi connectivity index (χ1n) is 6.42. The molecule has 0 fully saturated rings. The van der Waals surface area contributed by atoms with Gasteiger partial charge in [-0.05, 0) is 39.0 Å². The van der Waals surface area contributed by atoms with Crippen LogP contribution in [0, 0.1) is 0 Å². The smallest absolute Gasteiger partial charge is 0.435 e. The van der Waals surface area contributed by atoms with Crippen LogP contribution in [-0.2, 0) is 22.3 Å². The van der Waals surface area contributed by atoms with E-state index in [4.69, 9.17) is 4.74 Å². The number of carbonyl (C=O) groups is 1. The Morgan fingerprint density at radius 1 is 1.32 bits per heavy atom. The SMILES string of the molecule is CC(C)(C)OC(=O)Cn1nc(C(F)(F)F)c2ccc(Br)cc21. The first-order chi connectivity index (χ1) is 9.97. The molecule has 2 aromatic rings. The predicted octanol–water partition coefficient (Wildman–Crippen LogP) is 4.16. The Bertz CT molecular complexity index is 717. The topological polar surface area (TPSA) is 44.1 Å². The van der Waals surface area contributed by atoms with Gasteiger partial charge in [-0.1, -0.05) is 15.9 Å². The van der Waals surface area contributed by atoms with Gasteiger partial charge in [0.05, 0.1) is 5.52 Å². The lowest BCUT2D eigenvalue weighted by Crippen LogP contribution is -2.27. The van der Waals surface area contributed by atoms with E-state index in [1.54, 1.807) is 20.8 Å². The first kappa shape index (κ1) is 16.8. The number of carbonyl (C=O) groups excluding carboxylic acids is 1. The summed E-state index contributed by atoms with van der Waals surface area (Å²) in [6, 6.07) is 4.31. The van der Waals surface area contributed by atoms with Gasteiger partial charge in [0.15, 0.2) is 5.69 Å². The number of rotatable bonds is 2. The highest BCUT2D eigenvalue weighted by Crippen LogP contribution is 2.35. The molecule has 1 aromatic heterocycles. The van der Waals surface area contributed by atoms with Crippen LogP contribution in [0.3, 0.4) is 0 Å². The van der Waals surface area contributed by atoms with Crippen molar-refractivity contribution in [2.24, 2.45) is 0 Å². The molecular formula is C14H14BrF3N2O2. The molecule has 4 nitrogen and oxygen atoms in total. The third-order valence-corrected chi connectivity index (χ3v) is 3.17. The molecule has 0 spiro atoms. The Morgan fingerprint density at radius 3 is 2.50 bits per heavy atom. The lowest BCUT2D eigenvalue weighted by atomic mass is 10.2. The number of fused-ring (bicyclic) bond motifs is 1. The van der Waals surface area contributed by atoms with Crippen LogP contribution < -0.4 is 0 Å². The lowest BCUT2D eigenvalue weighted by Gasteiger charge is -2.19. The first-order valence-corrected chi connectivity index (χ1v) is 7.22. The Kier molecular flexibility index (Phi) is 4.25. The maximum absolute atomic E-state index is 13.0. The van der Waals surface area contributed by atoms with Crippen LogP contribution in [0.4, 0.5) is 13.2 Å². The molecule has 0 unspecified atom stereocenters. The molecule has 0 radical (unpaired) electrons. The van der Waals surface area contributed by atoms with Crippen LogP contribution in [0.25, 0.3) is 10.9 Å². The van der Waals surface area contributed by atoms with Gasteiger partial charge in [-0.3, -0.25) is 9.48 Å². The van der Waals surface area contributed by atoms with E-state index in [9.17, 15) is 18.0 Å². The maximum atomic E-state index is 13.0. The minimum absolute atomic E-state index is 0.0562. The number of nitrogens with zero attached hydrogens (tertiary/aromatic N) is 2. The number of hydrogen-bond donors (Lipinski definition) is 0. The summed E-state index contributed by atoms with van der Waals surface area (Å²) in [5.74, 6) is -0.648.